The predicted octanol–water partition coefficient (Wildman–Crippen LogP) is 2.62. The maximum atomic E-state index is 12.7. The highest BCUT2D eigenvalue weighted by Crippen LogP contribution is 2.23. The van der Waals surface area contributed by atoms with Crippen molar-refractivity contribution in [2.75, 3.05) is 0 Å². The molecule has 0 spiro atoms. The molecular formula is C7H3ClF3NO. The Kier molecular flexibility index (Phi) is 2.87. The molecule has 0 atom stereocenters. The fourth-order valence-corrected chi connectivity index (χ4v) is 0.867. The molecule has 70 valence electrons. The van der Waals surface area contributed by atoms with Gasteiger partial charge in [0.25, 0.3) is 6.43 Å². The van der Waals surface area contributed by atoms with Crippen molar-refractivity contribution in [3.05, 3.63) is 28.3 Å². The largest absolute Gasteiger partial charge is 0.296 e. The maximum Gasteiger partial charge on any atom is 0.280 e. The molecule has 0 fully saturated rings. The van der Waals surface area contributed by atoms with Crippen LogP contribution in [0.15, 0.2) is 6.07 Å². The number of alkyl halides is 2. The Bertz CT molecular complexity index is 343. The minimum Gasteiger partial charge on any atom is -0.296 e. The molecule has 0 aliphatic rings. The van der Waals surface area contributed by atoms with Crippen molar-refractivity contribution in [3.63, 3.8) is 0 Å². The zero-order valence-electron chi connectivity index (χ0n) is 6.10. The van der Waals surface area contributed by atoms with Crippen molar-refractivity contribution in [1.82, 2.24) is 4.98 Å². The topological polar surface area (TPSA) is 30.0 Å². The molecule has 1 rings (SSSR count). The van der Waals surface area contributed by atoms with Crippen molar-refractivity contribution in [3.8, 4) is 0 Å². The third-order valence-corrected chi connectivity index (χ3v) is 1.67. The third kappa shape index (κ3) is 1.98. The lowest BCUT2D eigenvalue weighted by Gasteiger charge is -2.02. The van der Waals surface area contributed by atoms with Crippen LogP contribution in [0.3, 0.4) is 0 Å². The summed E-state index contributed by atoms with van der Waals surface area (Å²) in [4.78, 5) is 13.4. The Morgan fingerprint density at radius 3 is 2.62 bits per heavy atom. The van der Waals surface area contributed by atoms with Gasteiger partial charge in [-0.05, 0) is 0 Å². The summed E-state index contributed by atoms with van der Waals surface area (Å²) < 4.78 is 36.7. The van der Waals surface area contributed by atoms with E-state index in [0.717, 1.165) is 0 Å². The first-order valence-electron chi connectivity index (χ1n) is 3.15. The molecule has 6 heteroatoms. The van der Waals surface area contributed by atoms with Gasteiger partial charge in [-0.1, -0.05) is 11.6 Å². The van der Waals surface area contributed by atoms with Crippen molar-refractivity contribution >= 4 is 17.9 Å². The van der Waals surface area contributed by atoms with Crippen LogP contribution >= 0.6 is 11.6 Å². The first-order valence-corrected chi connectivity index (χ1v) is 3.53. The number of carbonyl (C=O) groups excluding carboxylic acids is 1. The standard InChI is InChI=1S/C7H3ClF3NO/c8-6-3(9)1-4(7(10)11)12-5(6)2-13/h1-2,7H. The van der Waals surface area contributed by atoms with E-state index in [-0.39, 0.29) is 6.29 Å². The van der Waals surface area contributed by atoms with Gasteiger partial charge in [0, 0.05) is 6.07 Å². The van der Waals surface area contributed by atoms with Gasteiger partial charge in [0.15, 0.2) is 6.29 Å². The number of halogens is 4. The van der Waals surface area contributed by atoms with Gasteiger partial charge < -0.3 is 0 Å². The monoisotopic (exact) mass is 209 g/mol. The molecule has 0 aliphatic heterocycles. The predicted molar refractivity (Wildman–Crippen MR) is 39.5 cm³/mol. The summed E-state index contributed by atoms with van der Waals surface area (Å²) >= 11 is 5.26. The molecule has 0 amide bonds. The highest BCUT2D eigenvalue weighted by Gasteiger charge is 2.15. The average molecular weight is 210 g/mol. The molecule has 0 bridgehead atoms. The second-order valence-corrected chi connectivity index (χ2v) is 2.52. The van der Waals surface area contributed by atoms with Crippen molar-refractivity contribution < 1.29 is 18.0 Å². The van der Waals surface area contributed by atoms with E-state index < -0.39 is 28.7 Å². The molecular weight excluding hydrogens is 207 g/mol. The van der Waals surface area contributed by atoms with Gasteiger partial charge in [-0.2, -0.15) is 0 Å². The highest BCUT2D eigenvalue weighted by molar-refractivity contribution is 6.32. The molecule has 0 saturated carbocycles. The van der Waals surface area contributed by atoms with Crippen LogP contribution in [0.4, 0.5) is 13.2 Å². The lowest BCUT2D eigenvalue weighted by atomic mass is 10.3. The number of aldehydes is 1. The van der Waals surface area contributed by atoms with E-state index in [4.69, 9.17) is 11.6 Å². The van der Waals surface area contributed by atoms with Crippen LogP contribution in [0.25, 0.3) is 0 Å². The van der Waals surface area contributed by atoms with E-state index in [2.05, 4.69) is 4.98 Å². The van der Waals surface area contributed by atoms with Gasteiger partial charge in [-0.25, -0.2) is 18.2 Å². The minimum absolute atomic E-state index is 0.122. The molecule has 1 aromatic rings. The van der Waals surface area contributed by atoms with Gasteiger partial charge in [0.2, 0.25) is 0 Å². The highest BCUT2D eigenvalue weighted by atomic mass is 35.5. The second-order valence-electron chi connectivity index (χ2n) is 2.15. The lowest BCUT2D eigenvalue weighted by molar-refractivity contribution is 0.111. The number of aromatic nitrogens is 1. The van der Waals surface area contributed by atoms with Gasteiger partial charge in [0.05, 0.1) is 0 Å². The van der Waals surface area contributed by atoms with Crippen molar-refractivity contribution in [1.29, 1.82) is 0 Å². The van der Waals surface area contributed by atoms with E-state index in [1.807, 2.05) is 0 Å². The molecule has 2 nitrogen and oxygen atoms in total. The number of pyridine rings is 1. The summed E-state index contributed by atoms with van der Waals surface area (Å²) in [5.41, 5.74) is -1.32. The van der Waals surface area contributed by atoms with Crippen LogP contribution in [0.5, 0.6) is 0 Å². The van der Waals surface area contributed by atoms with E-state index in [1.54, 1.807) is 0 Å². The zero-order valence-corrected chi connectivity index (χ0v) is 6.86. The normalized spacial score (nSPS) is 10.5. The van der Waals surface area contributed by atoms with Gasteiger partial charge >= 0.3 is 0 Å². The summed E-state index contributed by atoms with van der Waals surface area (Å²) in [6.07, 6.45) is -2.80. The Morgan fingerprint density at radius 2 is 2.15 bits per heavy atom. The molecule has 1 aromatic heterocycles. The number of nitrogens with zero attached hydrogens (tertiary/aromatic N) is 1. The van der Waals surface area contributed by atoms with Crippen LogP contribution in [0.1, 0.15) is 22.6 Å². The van der Waals surface area contributed by atoms with E-state index in [9.17, 15) is 18.0 Å². The first-order chi connectivity index (χ1) is 6.06. The lowest BCUT2D eigenvalue weighted by Crippen LogP contribution is -1.98. The van der Waals surface area contributed by atoms with E-state index in [1.165, 1.54) is 0 Å². The Morgan fingerprint density at radius 1 is 1.54 bits per heavy atom. The van der Waals surface area contributed by atoms with Gasteiger partial charge in [-0.15, -0.1) is 0 Å². The summed E-state index contributed by atoms with van der Waals surface area (Å²) in [6, 6.07) is 0.500. The molecule has 0 aliphatic carbocycles. The SMILES string of the molecule is O=Cc1nc(C(F)F)cc(F)c1Cl. The molecule has 13 heavy (non-hydrogen) atoms. The Labute approximate surface area is 76.3 Å². The molecule has 1 heterocycles. The fourth-order valence-electron chi connectivity index (χ4n) is 0.726. The number of carbonyl (C=O) groups is 1. The van der Waals surface area contributed by atoms with Crippen LogP contribution < -0.4 is 0 Å². The minimum atomic E-state index is -2.93. The number of hydrogen-bond donors (Lipinski definition) is 0. The van der Waals surface area contributed by atoms with E-state index >= 15 is 0 Å². The summed E-state index contributed by atoms with van der Waals surface area (Å²) in [7, 11) is 0. The smallest absolute Gasteiger partial charge is 0.280 e. The quantitative estimate of drug-likeness (QED) is 0.701. The maximum absolute atomic E-state index is 12.7. The van der Waals surface area contributed by atoms with E-state index in [0.29, 0.717) is 6.07 Å². The number of rotatable bonds is 2. The Balaban J connectivity index is 3.30. The van der Waals surface area contributed by atoms with Crippen LogP contribution in [0.2, 0.25) is 5.02 Å². The van der Waals surface area contributed by atoms with Crippen molar-refractivity contribution in [2.45, 2.75) is 6.43 Å². The third-order valence-electron chi connectivity index (χ3n) is 1.29. The summed E-state index contributed by atoms with van der Waals surface area (Å²) in [6.45, 7) is 0. The average Bonchev–Trinajstić information content (AvgIpc) is 2.09. The summed E-state index contributed by atoms with van der Waals surface area (Å²) in [5.74, 6) is -1.07. The molecule has 0 aromatic carbocycles. The first kappa shape index (κ1) is 9.98. The van der Waals surface area contributed by atoms with Crippen LogP contribution in [-0.2, 0) is 0 Å². The molecule has 0 unspecified atom stereocenters. The molecule has 0 N–H and O–H groups in total. The van der Waals surface area contributed by atoms with Gasteiger partial charge in [0.1, 0.15) is 22.2 Å². The summed E-state index contributed by atoms with van der Waals surface area (Å²) in [5, 5.41) is -0.542. The molecule has 0 saturated heterocycles. The van der Waals surface area contributed by atoms with Crippen molar-refractivity contribution in [2.24, 2.45) is 0 Å². The van der Waals surface area contributed by atoms with Crippen LogP contribution in [-0.4, -0.2) is 11.3 Å². The van der Waals surface area contributed by atoms with Gasteiger partial charge in [-0.3, -0.25) is 4.79 Å². The molecule has 0 radical (unpaired) electrons. The number of hydrogen-bond acceptors (Lipinski definition) is 2. The Hall–Kier alpha value is -1.10. The fraction of sp³-hybridized carbons (Fsp3) is 0.143. The second kappa shape index (κ2) is 3.74. The van der Waals surface area contributed by atoms with Crippen LogP contribution in [0, 0.1) is 5.82 Å². The zero-order chi connectivity index (χ0) is 10.0.